The lowest BCUT2D eigenvalue weighted by atomic mass is 10.1. The fourth-order valence-electron chi connectivity index (χ4n) is 5.08. The van der Waals surface area contributed by atoms with E-state index in [0.717, 1.165) is 23.4 Å². The number of halogens is 3. The van der Waals surface area contributed by atoms with Gasteiger partial charge in [-0.15, -0.1) is 0 Å². The van der Waals surface area contributed by atoms with Crippen molar-refractivity contribution in [3.63, 3.8) is 0 Å². The van der Waals surface area contributed by atoms with Gasteiger partial charge in [0, 0.05) is 54.8 Å². The summed E-state index contributed by atoms with van der Waals surface area (Å²) in [5.74, 6) is -0.622. The van der Waals surface area contributed by atoms with Gasteiger partial charge in [0.05, 0.1) is 28.8 Å². The second-order valence-electron chi connectivity index (χ2n) is 12.3. The van der Waals surface area contributed by atoms with Gasteiger partial charge in [0.2, 0.25) is 10.0 Å². The predicted octanol–water partition coefficient (Wildman–Crippen LogP) is 5.78. The van der Waals surface area contributed by atoms with Crippen molar-refractivity contribution in [1.29, 1.82) is 0 Å². The summed E-state index contributed by atoms with van der Waals surface area (Å²) in [5.41, 5.74) is 1.39. The van der Waals surface area contributed by atoms with Crippen LogP contribution in [0.25, 0.3) is 16.8 Å². The topological polar surface area (TPSA) is 114 Å². The molecule has 1 fully saturated rings. The van der Waals surface area contributed by atoms with Crippen LogP contribution in [0.1, 0.15) is 54.0 Å². The molecule has 2 amide bonds. The third kappa shape index (κ3) is 7.64. The van der Waals surface area contributed by atoms with Crippen molar-refractivity contribution in [2.24, 2.45) is 0 Å². The number of sulfonamides is 1. The number of anilines is 1. The lowest BCUT2D eigenvalue weighted by Crippen LogP contribution is -2.48. The van der Waals surface area contributed by atoms with E-state index in [1.54, 1.807) is 24.5 Å². The molecule has 2 heterocycles. The van der Waals surface area contributed by atoms with Gasteiger partial charge in [0.15, 0.2) is 0 Å². The second-order valence-corrected chi connectivity index (χ2v) is 14.7. The van der Waals surface area contributed by atoms with Crippen molar-refractivity contribution in [2.75, 3.05) is 37.7 Å². The van der Waals surface area contributed by atoms with Crippen LogP contribution in [0.4, 0.5) is 18.9 Å². The van der Waals surface area contributed by atoms with Gasteiger partial charge in [0.1, 0.15) is 5.75 Å². The third-order valence-corrected chi connectivity index (χ3v) is 9.98. The van der Waals surface area contributed by atoms with Crippen LogP contribution in [0.15, 0.2) is 79.1 Å². The predicted molar refractivity (Wildman–Crippen MR) is 176 cm³/mol. The molecule has 0 unspecified atom stereocenters. The minimum absolute atomic E-state index is 0.0958. The number of amides is 2. The van der Waals surface area contributed by atoms with Crippen LogP contribution >= 0.6 is 0 Å². The summed E-state index contributed by atoms with van der Waals surface area (Å²) < 4.78 is 74.4. The molecular formula is C34H36F3N5O5S. The standard InChI is InChI=1S/C34H36F3N5O5S/c1-5-47-30-8-6-7-24(19-30)26-21-38-42(22-26)29-18-25(17-27(20-29)34(35,36)37)32(44)41-15-13-40(14-16-41)28-11-9-23(10-12-28)31(43)39-48(45,46)33(2,3)4/h6-12,17-22H,5,13-16H2,1-4H3,(H,39,43). The lowest BCUT2D eigenvalue weighted by molar-refractivity contribution is -0.137. The molecule has 10 nitrogen and oxygen atoms in total. The first-order valence-electron chi connectivity index (χ1n) is 15.3. The van der Waals surface area contributed by atoms with Crippen molar-refractivity contribution >= 4 is 27.5 Å². The number of alkyl halides is 3. The molecule has 4 aromatic rings. The maximum absolute atomic E-state index is 14.0. The normalized spacial score (nSPS) is 14.1. The van der Waals surface area contributed by atoms with Crippen molar-refractivity contribution in [2.45, 2.75) is 38.6 Å². The number of hydrogen-bond donors (Lipinski definition) is 1. The number of piperazine rings is 1. The zero-order valence-electron chi connectivity index (χ0n) is 26.9. The molecule has 14 heteroatoms. The largest absolute Gasteiger partial charge is 0.494 e. The van der Waals surface area contributed by atoms with E-state index in [2.05, 4.69) is 9.82 Å². The van der Waals surface area contributed by atoms with E-state index in [1.807, 2.05) is 36.1 Å². The van der Waals surface area contributed by atoms with Gasteiger partial charge < -0.3 is 14.5 Å². The van der Waals surface area contributed by atoms with E-state index >= 15 is 0 Å². The molecular weight excluding hydrogens is 647 g/mol. The highest BCUT2D eigenvalue weighted by Crippen LogP contribution is 2.33. The Hall–Kier alpha value is -4.85. The number of hydrogen-bond acceptors (Lipinski definition) is 7. The Bertz CT molecular complexity index is 1910. The van der Waals surface area contributed by atoms with E-state index in [0.29, 0.717) is 31.0 Å². The van der Waals surface area contributed by atoms with Crippen LogP contribution in [-0.2, 0) is 16.2 Å². The molecule has 3 aromatic carbocycles. The van der Waals surface area contributed by atoms with E-state index in [9.17, 15) is 31.2 Å². The monoisotopic (exact) mass is 683 g/mol. The van der Waals surface area contributed by atoms with Gasteiger partial charge >= 0.3 is 6.18 Å². The van der Waals surface area contributed by atoms with Crippen LogP contribution in [0.5, 0.6) is 5.75 Å². The van der Waals surface area contributed by atoms with E-state index in [4.69, 9.17) is 4.74 Å². The van der Waals surface area contributed by atoms with Crippen molar-refractivity contribution in [3.8, 4) is 22.6 Å². The highest BCUT2D eigenvalue weighted by Gasteiger charge is 2.34. The highest BCUT2D eigenvalue weighted by atomic mass is 32.2. The van der Waals surface area contributed by atoms with Crippen LogP contribution < -0.4 is 14.4 Å². The molecule has 1 saturated heterocycles. The van der Waals surface area contributed by atoms with Crippen LogP contribution in [-0.4, -0.2) is 72.4 Å². The summed E-state index contributed by atoms with van der Waals surface area (Å²) in [4.78, 5) is 29.5. The van der Waals surface area contributed by atoms with Crippen LogP contribution in [0.3, 0.4) is 0 Å². The molecule has 0 saturated carbocycles. The van der Waals surface area contributed by atoms with E-state index in [-0.39, 0.29) is 29.9 Å². The molecule has 254 valence electrons. The molecule has 1 N–H and O–H groups in total. The molecule has 0 radical (unpaired) electrons. The van der Waals surface area contributed by atoms with Gasteiger partial charge in [-0.3, -0.25) is 9.59 Å². The Labute approximate surface area is 277 Å². The molecule has 5 rings (SSSR count). The van der Waals surface area contributed by atoms with Crippen LogP contribution in [0.2, 0.25) is 0 Å². The highest BCUT2D eigenvalue weighted by molar-refractivity contribution is 7.91. The Kier molecular flexibility index (Phi) is 9.58. The first-order valence-corrected chi connectivity index (χ1v) is 16.8. The second kappa shape index (κ2) is 13.3. The number of nitrogens with zero attached hydrogens (tertiary/aromatic N) is 4. The molecule has 1 aromatic heterocycles. The van der Waals surface area contributed by atoms with Crippen molar-refractivity contribution in [1.82, 2.24) is 19.4 Å². The minimum Gasteiger partial charge on any atom is -0.494 e. The molecule has 0 atom stereocenters. The van der Waals surface area contributed by atoms with Crippen molar-refractivity contribution < 1.29 is 35.9 Å². The van der Waals surface area contributed by atoms with Gasteiger partial charge in [-0.1, -0.05) is 12.1 Å². The van der Waals surface area contributed by atoms with E-state index < -0.39 is 38.3 Å². The maximum Gasteiger partial charge on any atom is 0.416 e. The lowest BCUT2D eigenvalue weighted by Gasteiger charge is -2.36. The number of ether oxygens (including phenoxy) is 1. The molecule has 1 aliphatic rings. The zero-order valence-corrected chi connectivity index (χ0v) is 27.7. The van der Waals surface area contributed by atoms with Crippen LogP contribution in [0, 0.1) is 0 Å². The Morgan fingerprint density at radius 1 is 0.875 bits per heavy atom. The Morgan fingerprint density at radius 3 is 2.19 bits per heavy atom. The quantitative estimate of drug-likeness (QED) is 0.251. The summed E-state index contributed by atoms with van der Waals surface area (Å²) in [6, 6.07) is 16.9. The molecule has 0 aliphatic carbocycles. The van der Waals surface area contributed by atoms with Gasteiger partial charge in [-0.25, -0.2) is 17.8 Å². The minimum atomic E-state index is -4.69. The number of nitrogens with one attached hydrogen (secondary N) is 1. The fourth-order valence-corrected chi connectivity index (χ4v) is 5.75. The van der Waals surface area contributed by atoms with Gasteiger partial charge in [0.25, 0.3) is 11.8 Å². The number of carbonyl (C=O) groups excluding carboxylic acids is 2. The smallest absolute Gasteiger partial charge is 0.416 e. The summed E-state index contributed by atoms with van der Waals surface area (Å²) in [7, 11) is -3.88. The van der Waals surface area contributed by atoms with Crippen molar-refractivity contribution in [3.05, 3.63) is 95.8 Å². The summed E-state index contributed by atoms with van der Waals surface area (Å²) in [6.07, 6.45) is -1.55. The summed E-state index contributed by atoms with van der Waals surface area (Å²) >= 11 is 0. The van der Waals surface area contributed by atoms with Gasteiger partial charge in [-0.05, 0) is 87.9 Å². The zero-order chi connectivity index (χ0) is 34.9. The average Bonchev–Trinajstić information content (AvgIpc) is 3.54. The summed E-state index contributed by atoms with van der Waals surface area (Å²) in [5, 5.41) is 4.29. The molecule has 0 bridgehead atoms. The molecule has 48 heavy (non-hydrogen) atoms. The summed E-state index contributed by atoms with van der Waals surface area (Å²) in [6.45, 7) is 8.10. The molecule has 0 spiro atoms. The Balaban J connectivity index is 1.29. The van der Waals surface area contributed by atoms with Gasteiger partial charge in [-0.2, -0.15) is 18.3 Å². The maximum atomic E-state index is 14.0. The van der Waals surface area contributed by atoms with E-state index in [1.165, 1.54) is 48.6 Å². The Morgan fingerprint density at radius 2 is 1.56 bits per heavy atom. The average molecular weight is 684 g/mol. The SMILES string of the molecule is CCOc1cccc(-c2cnn(-c3cc(C(=O)N4CCN(c5ccc(C(=O)NS(=O)(=O)C(C)(C)C)cc5)CC4)cc(C(F)(F)F)c3)c2)c1. The number of rotatable bonds is 8. The first-order chi connectivity index (χ1) is 22.6. The number of benzene rings is 3. The fraction of sp³-hybridized carbons (Fsp3) is 0.324. The number of carbonyl (C=O) groups is 2. The number of aromatic nitrogens is 2. The third-order valence-electron chi connectivity index (χ3n) is 7.91. The molecule has 1 aliphatic heterocycles. The first kappa shape index (κ1) is 34.5.